The second-order valence-electron chi connectivity index (χ2n) is 6.64. The second-order valence-corrected chi connectivity index (χ2v) is 7.05. The summed E-state index contributed by atoms with van der Waals surface area (Å²) in [5.74, 6) is -0.134. The Kier molecular flexibility index (Phi) is 6.81. The van der Waals surface area contributed by atoms with Gasteiger partial charge in [0.2, 0.25) is 11.8 Å². The quantitative estimate of drug-likeness (QED) is 0.814. The first-order chi connectivity index (χ1) is 12.3. The average Bonchev–Trinajstić information content (AvgIpc) is 2.59. The molecule has 0 heterocycles. The van der Waals surface area contributed by atoms with Crippen molar-refractivity contribution in [2.24, 2.45) is 0 Å². The molecule has 2 aromatic carbocycles. The molecule has 2 rings (SSSR count). The van der Waals surface area contributed by atoms with E-state index in [-0.39, 0.29) is 24.3 Å². The van der Waals surface area contributed by atoms with Gasteiger partial charge in [0.15, 0.2) is 0 Å². The summed E-state index contributed by atoms with van der Waals surface area (Å²) in [4.78, 5) is 26.3. The van der Waals surface area contributed by atoms with Crippen molar-refractivity contribution in [2.75, 3.05) is 11.4 Å². The molecule has 0 unspecified atom stereocenters. The van der Waals surface area contributed by atoms with Crippen molar-refractivity contribution >= 4 is 29.1 Å². The lowest BCUT2D eigenvalue weighted by atomic mass is 9.97. The lowest BCUT2D eigenvalue weighted by Crippen LogP contribution is -2.40. The molecule has 0 spiro atoms. The fraction of sp³-hybridized carbons (Fsp3) is 0.333. The average molecular weight is 373 g/mol. The molecule has 0 radical (unpaired) electrons. The van der Waals surface area contributed by atoms with Gasteiger partial charge in [-0.25, -0.2) is 0 Å². The Labute approximate surface area is 160 Å². The van der Waals surface area contributed by atoms with Crippen LogP contribution in [0.2, 0.25) is 5.02 Å². The number of benzene rings is 2. The summed E-state index contributed by atoms with van der Waals surface area (Å²) in [5.41, 5.74) is 3.70. The van der Waals surface area contributed by atoms with Crippen molar-refractivity contribution in [2.45, 2.75) is 40.2 Å². The minimum absolute atomic E-state index is 0.0235. The third-order valence-corrected chi connectivity index (χ3v) is 4.65. The molecule has 1 N–H and O–H groups in total. The number of halogens is 1. The number of para-hydroxylation sites is 1. The Balaban J connectivity index is 2.18. The molecule has 0 atom stereocenters. The van der Waals surface area contributed by atoms with Crippen LogP contribution in [0, 0.1) is 6.92 Å². The molecule has 5 heteroatoms. The molecule has 26 heavy (non-hydrogen) atoms. The van der Waals surface area contributed by atoms with Crippen LogP contribution < -0.4 is 10.2 Å². The Bertz CT molecular complexity index is 802. The topological polar surface area (TPSA) is 49.4 Å². The monoisotopic (exact) mass is 372 g/mol. The smallest absolute Gasteiger partial charge is 0.240 e. The molecule has 0 saturated heterocycles. The van der Waals surface area contributed by atoms with E-state index < -0.39 is 0 Å². The lowest BCUT2D eigenvalue weighted by Gasteiger charge is -2.27. The van der Waals surface area contributed by atoms with Gasteiger partial charge in [-0.1, -0.05) is 61.8 Å². The van der Waals surface area contributed by atoms with Crippen LogP contribution in [-0.2, 0) is 16.1 Å². The van der Waals surface area contributed by atoms with E-state index in [1.807, 2.05) is 43.3 Å². The zero-order valence-electron chi connectivity index (χ0n) is 15.7. The van der Waals surface area contributed by atoms with Gasteiger partial charge in [0.05, 0.1) is 5.69 Å². The molecule has 2 aromatic rings. The highest BCUT2D eigenvalue weighted by Gasteiger charge is 2.21. The van der Waals surface area contributed by atoms with Crippen molar-refractivity contribution in [3.63, 3.8) is 0 Å². The Hall–Kier alpha value is -2.33. The molecule has 0 aliphatic heterocycles. The van der Waals surface area contributed by atoms with Gasteiger partial charge in [0, 0.05) is 18.5 Å². The fourth-order valence-corrected chi connectivity index (χ4v) is 3.10. The minimum atomic E-state index is -0.224. The summed E-state index contributed by atoms with van der Waals surface area (Å²) in [5, 5.41) is 3.45. The first kappa shape index (κ1) is 20.0. The number of aryl methyl sites for hydroxylation is 1. The Morgan fingerprint density at radius 1 is 1.12 bits per heavy atom. The number of rotatable bonds is 6. The molecule has 0 bridgehead atoms. The number of carbonyl (C=O) groups excluding carboxylic acids is 2. The van der Waals surface area contributed by atoms with E-state index in [2.05, 4.69) is 19.2 Å². The van der Waals surface area contributed by atoms with Crippen molar-refractivity contribution in [3.05, 3.63) is 64.2 Å². The molecule has 4 nitrogen and oxygen atoms in total. The van der Waals surface area contributed by atoms with Gasteiger partial charge >= 0.3 is 0 Å². The Morgan fingerprint density at radius 3 is 2.42 bits per heavy atom. The summed E-state index contributed by atoms with van der Waals surface area (Å²) in [6, 6.07) is 13.3. The van der Waals surface area contributed by atoms with Crippen LogP contribution in [0.5, 0.6) is 0 Å². The normalized spacial score (nSPS) is 10.7. The summed E-state index contributed by atoms with van der Waals surface area (Å²) in [6.45, 7) is 7.90. The van der Waals surface area contributed by atoms with Gasteiger partial charge in [-0.2, -0.15) is 0 Å². The van der Waals surface area contributed by atoms with Gasteiger partial charge in [-0.15, -0.1) is 0 Å². The lowest BCUT2D eigenvalue weighted by molar-refractivity contribution is -0.123. The maximum Gasteiger partial charge on any atom is 0.240 e. The number of hydrogen-bond acceptors (Lipinski definition) is 2. The molecule has 0 aliphatic rings. The second kappa shape index (κ2) is 8.86. The van der Waals surface area contributed by atoms with Gasteiger partial charge in [-0.3, -0.25) is 9.59 Å². The fourth-order valence-electron chi connectivity index (χ4n) is 2.90. The molecule has 0 aliphatic carbocycles. The largest absolute Gasteiger partial charge is 0.350 e. The van der Waals surface area contributed by atoms with E-state index >= 15 is 0 Å². The van der Waals surface area contributed by atoms with Crippen LogP contribution in [0.25, 0.3) is 0 Å². The van der Waals surface area contributed by atoms with Crippen LogP contribution >= 0.6 is 11.6 Å². The van der Waals surface area contributed by atoms with E-state index in [0.717, 1.165) is 22.4 Å². The predicted molar refractivity (Wildman–Crippen MR) is 107 cm³/mol. The van der Waals surface area contributed by atoms with E-state index in [1.165, 1.54) is 6.92 Å². The highest BCUT2D eigenvalue weighted by molar-refractivity contribution is 6.31. The predicted octanol–water partition coefficient (Wildman–Crippen LogP) is 4.44. The number of nitrogens with zero attached hydrogens (tertiary/aromatic N) is 1. The van der Waals surface area contributed by atoms with Crippen molar-refractivity contribution in [3.8, 4) is 0 Å². The SMILES string of the molecule is CC(=O)N(CC(=O)NCc1ccccc1Cl)c1c(C)cccc1C(C)C. The molecule has 0 fully saturated rings. The zero-order valence-corrected chi connectivity index (χ0v) is 16.4. The van der Waals surface area contributed by atoms with Crippen LogP contribution in [0.1, 0.15) is 43.4 Å². The van der Waals surface area contributed by atoms with Gasteiger partial charge in [0.1, 0.15) is 6.54 Å². The van der Waals surface area contributed by atoms with Crippen LogP contribution in [0.4, 0.5) is 5.69 Å². The molecule has 138 valence electrons. The zero-order chi connectivity index (χ0) is 19.3. The summed E-state index contributed by atoms with van der Waals surface area (Å²) >= 11 is 6.12. The maximum atomic E-state index is 12.5. The van der Waals surface area contributed by atoms with Crippen molar-refractivity contribution < 1.29 is 9.59 Å². The number of nitrogens with one attached hydrogen (secondary N) is 1. The molecular weight excluding hydrogens is 348 g/mol. The first-order valence-corrected chi connectivity index (χ1v) is 9.06. The third kappa shape index (κ3) is 4.85. The van der Waals surface area contributed by atoms with E-state index in [4.69, 9.17) is 11.6 Å². The number of amides is 2. The van der Waals surface area contributed by atoms with Gasteiger partial charge in [0.25, 0.3) is 0 Å². The van der Waals surface area contributed by atoms with Crippen LogP contribution in [0.15, 0.2) is 42.5 Å². The molecular formula is C21H25ClN2O2. The molecule has 0 aromatic heterocycles. The Morgan fingerprint density at radius 2 is 1.81 bits per heavy atom. The number of carbonyl (C=O) groups is 2. The molecule has 0 saturated carbocycles. The third-order valence-electron chi connectivity index (χ3n) is 4.28. The highest BCUT2D eigenvalue weighted by Crippen LogP contribution is 2.31. The van der Waals surface area contributed by atoms with E-state index in [1.54, 1.807) is 11.0 Å². The maximum absolute atomic E-state index is 12.5. The standard InChI is InChI=1S/C21H25ClN2O2/c1-14(2)18-10-7-8-15(3)21(18)24(16(4)25)13-20(26)23-12-17-9-5-6-11-19(17)22/h5-11,14H,12-13H2,1-4H3,(H,23,26). The first-order valence-electron chi connectivity index (χ1n) is 8.69. The van der Waals surface area contributed by atoms with Crippen LogP contribution in [-0.4, -0.2) is 18.4 Å². The van der Waals surface area contributed by atoms with Gasteiger partial charge in [-0.05, 0) is 35.6 Å². The summed E-state index contributed by atoms with van der Waals surface area (Å²) in [7, 11) is 0. The molecule has 2 amide bonds. The number of hydrogen-bond donors (Lipinski definition) is 1. The summed E-state index contributed by atoms with van der Waals surface area (Å²) < 4.78 is 0. The highest BCUT2D eigenvalue weighted by atomic mass is 35.5. The summed E-state index contributed by atoms with van der Waals surface area (Å²) in [6.07, 6.45) is 0. The van der Waals surface area contributed by atoms with Crippen LogP contribution in [0.3, 0.4) is 0 Å². The van der Waals surface area contributed by atoms with Crippen molar-refractivity contribution in [1.29, 1.82) is 0 Å². The van der Waals surface area contributed by atoms with Crippen molar-refractivity contribution in [1.82, 2.24) is 5.32 Å². The van der Waals surface area contributed by atoms with E-state index in [0.29, 0.717) is 11.6 Å². The minimum Gasteiger partial charge on any atom is -0.350 e. The van der Waals surface area contributed by atoms with Gasteiger partial charge < -0.3 is 10.2 Å². The number of anilines is 1. The van der Waals surface area contributed by atoms with E-state index in [9.17, 15) is 9.59 Å².